The van der Waals surface area contributed by atoms with Crippen LogP contribution in [-0.2, 0) is 9.53 Å². The SMILES string of the molecule is CCCCOC(=O)N1CC2CC(=O)C1C2. The quantitative estimate of drug-likeness (QED) is 0.666. The molecule has 1 heterocycles. The number of carbonyl (C=O) groups excluding carboxylic acids is 2. The van der Waals surface area contributed by atoms with Crippen molar-refractivity contribution in [2.75, 3.05) is 13.2 Å². The fourth-order valence-electron chi connectivity index (χ4n) is 2.39. The van der Waals surface area contributed by atoms with E-state index in [0.29, 0.717) is 25.5 Å². The van der Waals surface area contributed by atoms with Crippen LogP contribution < -0.4 is 0 Å². The maximum atomic E-state index is 11.6. The zero-order valence-electron chi connectivity index (χ0n) is 9.07. The first-order valence-corrected chi connectivity index (χ1v) is 5.68. The molecule has 2 aliphatic rings. The van der Waals surface area contributed by atoms with Crippen LogP contribution in [0.2, 0.25) is 0 Å². The van der Waals surface area contributed by atoms with E-state index in [1.165, 1.54) is 0 Å². The largest absolute Gasteiger partial charge is 0.449 e. The number of hydrogen-bond acceptors (Lipinski definition) is 3. The summed E-state index contributed by atoms with van der Waals surface area (Å²) in [6.45, 7) is 3.23. The van der Waals surface area contributed by atoms with E-state index in [2.05, 4.69) is 6.92 Å². The van der Waals surface area contributed by atoms with Crippen molar-refractivity contribution in [3.05, 3.63) is 0 Å². The molecule has 0 aromatic carbocycles. The molecule has 1 saturated heterocycles. The number of amides is 1. The molecule has 84 valence electrons. The molecule has 2 bridgehead atoms. The lowest BCUT2D eigenvalue weighted by molar-refractivity contribution is -0.122. The highest BCUT2D eigenvalue weighted by atomic mass is 16.6. The minimum Gasteiger partial charge on any atom is -0.449 e. The monoisotopic (exact) mass is 211 g/mol. The minimum absolute atomic E-state index is 0.177. The molecule has 0 N–H and O–H groups in total. The van der Waals surface area contributed by atoms with Gasteiger partial charge in [-0.3, -0.25) is 9.69 Å². The van der Waals surface area contributed by atoms with Crippen molar-refractivity contribution in [1.82, 2.24) is 4.90 Å². The molecule has 4 heteroatoms. The van der Waals surface area contributed by atoms with Crippen LogP contribution in [0.25, 0.3) is 0 Å². The number of carbonyl (C=O) groups is 2. The van der Waals surface area contributed by atoms with Crippen LogP contribution in [0.1, 0.15) is 32.6 Å². The van der Waals surface area contributed by atoms with Gasteiger partial charge in [0.05, 0.1) is 12.6 Å². The number of ether oxygens (including phenoxy) is 1. The van der Waals surface area contributed by atoms with E-state index in [1.807, 2.05) is 0 Å². The maximum Gasteiger partial charge on any atom is 0.410 e. The van der Waals surface area contributed by atoms with Gasteiger partial charge in [0.25, 0.3) is 0 Å². The summed E-state index contributed by atoms with van der Waals surface area (Å²) in [7, 11) is 0. The number of unbranched alkanes of at least 4 members (excludes halogenated alkanes) is 1. The molecule has 2 atom stereocenters. The lowest BCUT2D eigenvalue weighted by atomic mass is 10.1. The third-order valence-electron chi connectivity index (χ3n) is 3.21. The van der Waals surface area contributed by atoms with Gasteiger partial charge in [-0.1, -0.05) is 13.3 Å². The van der Waals surface area contributed by atoms with Gasteiger partial charge in [-0.25, -0.2) is 4.79 Å². The smallest absolute Gasteiger partial charge is 0.410 e. The topological polar surface area (TPSA) is 46.6 Å². The molecule has 0 spiro atoms. The van der Waals surface area contributed by atoms with E-state index < -0.39 is 0 Å². The fraction of sp³-hybridized carbons (Fsp3) is 0.818. The summed E-state index contributed by atoms with van der Waals surface area (Å²) in [6, 6.07) is -0.177. The van der Waals surface area contributed by atoms with Crippen LogP contribution in [0.15, 0.2) is 0 Å². The first kappa shape index (κ1) is 10.5. The van der Waals surface area contributed by atoms with Crippen LogP contribution in [0.3, 0.4) is 0 Å². The second-order valence-corrected chi connectivity index (χ2v) is 4.41. The Balaban J connectivity index is 1.84. The van der Waals surface area contributed by atoms with Gasteiger partial charge in [0.1, 0.15) is 0 Å². The van der Waals surface area contributed by atoms with Crippen molar-refractivity contribution < 1.29 is 14.3 Å². The normalized spacial score (nSPS) is 28.6. The summed E-state index contributed by atoms with van der Waals surface area (Å²) in [6.07, 6.45) is 3.11. The van der Waals surface area contributed by atoms with E-state index in [9.17, 15) is 9.59 Å². The van der Waals surface area contributed by atoms with E-state index in [-0.39, 0.29) is 17.9 Å². The van der Waals surface area contributed by atoms with Gasteiger partial charge in [-0.05, 0) is 18.8 Å². The van der Waals surface area contributed by atoms with Gasteiger partial charge in [-0.15, -0.1) is 0 Å². The number of hydrogen-bond donors (Lipinski definition) is 0. The Morgan fingerprint density at radius 3 is 3.00 bits per heavy atom. The lowest BCUT2D eigenvalue weighted by Gasteiger charge is -2.25. The van der Waals surface area contributed by atoms with Crippen molar-refractivity contribution in [1.29, 1.82) is 0 Å². The van der Waals surface area contributed by atoms with Gasteiger partial charge in [-0.2, -0.15) is 0 Å². The fourth-order valence-corrected chi connectivity index (χ4v) is 2.39. The van der Waals surface area contributed by atoms with E-state index in [0.717, 1.165) is 19.3 Å². The van der Waals surface area contributed by atoms with Crippen LogP contribution in [0.4, 0.5) is 4.79 Å². The van der Waals surface area contributed by atoms with Gasteiger partial charge in [0.2, 0.25) is 0 Å². The van der Waals surface area contributed by atoms with Crippen LogP contribution in [-0.4, -0.2) is 36.0 Å². The zero-order chi connectivity index (χ0) is 10.8. The molecule has 0 aromatic rings. The zero-order valence-corrected chi connectivity index (χ0v) is 9.07. The second-order valence-electron chi connectivity index (χ2n) is 4.41. The number of likely N-dealkylation sites (tertiary alicyclic amines) is 1. The molecule has 2 fully saturated rings. The van der Waals surface area contributed by atoms with Crippen LogP contribution in [0, 0.1) is 5.92 Å². The number of nitrogens with zero attached hydrogens (tertiary/aromatic N) is 1. The Labute approximate surface area is 89.6 Å². The number of piperidine rings is 1. The van der Waals surface area contributed by atoms with Crippen molar-refractivity contribution >= 4 is 11.9 Å². The summed E-state index contributed by atoms with van der Waals surface area (Å²) < 4.78 is 5.10. The first-order valence-electron chi connectivity index (χ1n) is 5.68. The predicted octanol–water partition coefficient (Wildman–Crippen LogP) is 1.59. The van der Waals surface area contributed by atoms with Crippen molar-refractivity contribution in [2.45, 2.75) is 38.6 Å². The van der Waals surface area contributed by atoms with Gasteiger partial charge in [0, 0.05) is 13.0 Å². The maximum absolute atomic E-state index is 11.6. The summed E-state index contributed by atoms with van der Waals surface area (Å²) in [5.41, 5.74) is 0. The summed E-state index contributed by atoms with van der Waals surface area (Å²) in [4.78, 5) is 24.6. The molecule has 15 heavy (non-hydrogen) atoms. The highest BCUT2D eigenvalue weighted by molar-refractivity contribution is 5.91. The second kappa shape index (κ2) is 4.21. The van der Waals surface area contributed by atoms with Crippen molar-refractivity contribution in [3.8, 4) is 0 Å². The Hall–Kier alpha value is -1.06. The van der Waals surface area contributed by atoms with Crippen LogP contribution in [0.5, 0.6) is 0 Å². The molecule has 0 radical (unpaired) electrons. The average molecular weight is 211 g/mol. The molecule has 1 amide bonds. The summed E-state index contributed by atoms with van der Waals surface area (Å²) >= 11 is 0. The molecule has 2 rings (SSSR count). The Bertz CT molecular complexity index is 277. The molecule has 1 aliphatic carbocycles. The third kappa shape index (κ3) is 1.98. The molecule has 2 unspecified atom stereocenters. The molecule has 1 saturated carbocycles. The molecular weight excluding hydrogens is 194 g/mol. The van der Waals surface area contributed by atoms with Crippen molar-refractivity contribution in [2.24, 2.45) is 5.92 Å². The van der Waals surface area contributed by atoms with Gasteiger partial charge in [0.15, 0.2) is 5.78 Å². The number of fused-ring (bicyclic) bond motifs is 2. The molecule has 4 nitrogen and oxygen atoms in total. The average Bonchev–Trinajstić information content (AvgIpc) is 2.76. The summed E-state index contributed by atoms with van der Waals surface area (Å²) in [5, 5.41) is 0. The molecule has 0 aromatic heterocycles. The van der Waals surface area contributed by atoms with Gasteiger partial charge >= 0.3 is 6.09 Å². The Morgan fingerprint density at radius 1 is 1.60 bits per heavy atom. The van der Waals surface area contributed by atoms with E-state index in [1.54, 1.807) is 4.90 Å². The lowest BCUT2D eigenvalue weighted by Crippen LogP contribution is -2.42. The van der Waals surface area contributed by atoms with E-state index in [4.69, 9.17) is 4.74 Å². The van der Waals surface area contributed by atoms with Gasteiger partial charge < -0.3 is 4.74 Å². The summed E-state index contributed by atoms with van der Waals surface area (Å²) in [5.74, 6) is 0.597. The van der Waals surface area contributed by atoms with Crippen LogP contribution >= 0.6 is 0 Å². The first-order chi connectivity index (χ1) is 7.22. The Morgan fingerprint density at radius 2 is 2.40 bits per heavy atom. The third-order valence-corrected chi connectivity index (χ3v) is 3.21. The molecular formula is C11H17NO3. The molecule has 1 aliphatic heterocycles. The standard InChI is InChI=1S/C11H17NO3/c1-2-3-4-15-11(14)12-7-8-5-9(12)10(13)6-8/h8-9H,2-7H2,1H3. The number of Topliss-reactive ketones (excluding diaryl/α,β-unsaturated/α-hetero) is 1. The highest BCUT2D eigenvalue weighted by Crippen LogP contribution is 2.35. The minimum atomic E-state index is -0.302. The van der Waals surface area contributed by atoms with Crippen molar-refractivity contribution in [3.63, 3.8) is 0 Å². The Kier molecular flexibility index (Phi) is 2.93. The number of ketones is 1. The highest BCUT2D eigenvalue weighted by Gasteiger charge is 2.46. The number of rotatable bonds is 3. The predicted molar refractivity (Wildman–Crippen MR) is 54.5 cm³/mol. The van der Waals surface area contributed by atoms with E-state index >= 15 is 0 Å².